The van der Waals surface area contributed by atoms with Crippen molar-refractivity contribution < 1.29 is 9.59 Å². The van der Waals surface area contributed by atoms with E-state index in [4.69, 9.17) is 0 Å². The van der Waals surface area contributed by atoms with Crippen molar-refractivity contribution in [2.75, 3.05) is 0 Å². The van der Waals surface area contributed by atoms with E-state index >= 15 is 0 Å². The SMILES string of the molecule is CCC[CH2][Sn]([CH2]CCC)([CH2]CCC)[CH2][C@H]1C(=O)N(Cc2ccccc2)[C@@H]2C(=O)CCC[C@@H]21. The normalized spacial score (nSPS) is 23.6. The fourth-order valence-corrected chi connectivity index (χ4v) is 23.8. The first-order chi connectivity index (χ1) is 15.5. The van der Waals surface area contributed by atoms with Gasteiger partial charge in [0.2, 0.25) is 0 Å². The number of ketones is 1. The van der Waals surface area contributed by atoms with Crippen molar-refractivity contribution in [2.45, 2.75) is 109 Å². The third-order valence-corrected chi connectivity index (χ3v) is 24.0. The van der Waals surface area contributed by atoms with Gasteiger partial charge in [-0.25, -0.2) is 0 Å². The Morgan fingerprint density at radius 1 is 0.906 bits per heavy atom. The van der Waals surface area contributed by atoms with E-state index in [2.05, 4.69) is 32.9 Å². The van der Waals surface area contributed by atoms with Crippen LogP contribution in [0.1, 0.15) is 84.1 Å². The van der Waals surface area contributed by atoms with E-state index < -0.39 is 18.4 Å². The number of likely N-dealkylation sites (tertiary alicyclic amines) is 1. The number of carbonyl (C=O) groups excluding carboxylic acids is 2. The molecule has 32 heavy (non-hydrogen) atoms. The van der Waals surface area contributed by atoms with Crippen molar-refractivity contribution in [2.24, 2.45) is 11.8 Å². The Bertz CT molecular complexity index is 712. The summed E-state index contributed by atoms with van der Waals surface area (Å²) in [7, 11) is 0. The molecule has 2 fully saturated rings. The van der Waals surface area contributed by atoms with Crippen LogP contribution in [0, 0.1) is 11.8 Å². The second-order valence-corrected chi connectivity index (χ2v) is 24.5. The van der Waals surface area contributed by atoms with Gasteiger partial charge in [0.1, 0.15) is 0 Å². The van der Waals surface area contributed by atoms with E-state index in [1.165, 1.54) is 56.3 Å². The Balaban J connectivity index is 1.88. The number of carbonyl (C=O) groups is 2. The summed E-state index contributed by atoms with van der Waals surface area (Å²) in [6.45, 7) is 7.54. The second-order valence-electron chi connectivity index (χ2n) is 10.5. The fourth-order valence-electron chi connectivity index (χ4n) is 6.41. The minimum atomic E-state index is -2.47. The first-order valence-corrected chi connectivity index (χ1v) is 21.5. The average Bonchev–Trinajstić information content (AvgIpc) is 3.07. The first-order valence-electron chi connectivity index (χ1n) is 13.4. The van der Waals surface area contributed by atoms with Crippen molar-refractivity contribution in [3.8, 4) is 0 Å². The number of benzene rings is 1. The van der Waals surface area contributed by atoms with E-state index in [0.29, 0.717) is 24.7 Å². The number of hydrogen-bond donors (Lipinski definition) is 0. The Kier molecular flexibility index (Phi) is 10.1. The summed E-state index contributed by atoms with van der Waals surface area (Å²) in [5.74, 6) is 1.02. The van der Waals surface area contributed by atoms with Gasteiger partial charge in [0.15, 0.2) is 0 Å². The summed E-state index contributed by atoms with van der Waals surface area (Å²) < 4.78 is 5.53. The molecule has 0 spiro atoms. The molecule has 0 aromatic heterocycles. The number of Topliss-reactive ketones (excluding diaryl/α,β-unsaturated/α-hetero) is 1. The standard InChI is InChI=1S/C16H18NO2.3C4H9.Sn/c1-11-13-8-5-9-14(18)15(13)17(16(11)19)10-12-6-3-2-4-7-12;3*1-3-4-2;/h2-4,6-7,11,13,15H,1,5,8-10H2;3*1,3-4H2,2H3;/t11-,13-,15+;;;;/m1..../s1. The van der Waals surface area contributed by atoms with Crippen LogP contribution in [0.3, 0.4) is 0 Å². The molecule has 3 nitrogen and oxygen atoms in total. The maximum absolute atomic E-state index is 13.9. The van der Waals surface area contributed by atoms with Gasteiger partial charge in [0, 0.05) is 0 Å². The van der Waals surface area contributed by atoms with Crippen molar-refractivity contribution in [1.29, 1.82) is 0 Å². The summed E-state index contributed by atoms with van der Waals surface area (Å²) >= 11 is -2.47. The molecule has 1 heterocycles. The van der Waals surface area contributed by atoms with Gasteiger partial charge < -0.3 is 0 Å². The van der Waals surface area contributed by atoms with Crippen LogP contribution in [0.5, 0.6) is 0 Å². The van der Waals surface area contributed by atoms with Gasteiger partial charge in [-0.2, -0.15) is 0 Å². The molecule has 0 radical (unpaired) electrons. The van der Waals surface area contributed by atoms with Gasteiger partial charge >= 0.3 is 201 Å². The molecule has 178 valence electrons. The Morgan fingerprint density at radius 3 is 2.06 bits per heavy atom. The summed E-state index contributed by atoms with van der Waals surface area (Å²) in [6.07, 6.45) is 10.5. The van der Waals surface area contributed by atoms with Crippen molar-refractivity contribution in [1.82, 2.24) is 4.90 Å². The third-order valence-electron chi connectivity index (χ3n) is 8.18. The maximum atomic E-state index is 13.9. The van der Waals surface area contributed by atoms with Gasteiger partial charge in [0.05, 0.1) is 0 Å². The van der Waals surface area contributed by atoms with Crippen LogP contribution in [0.2, 0.25) is 17.7 Å². The molecule has 3 rings (SSSR count). The van der Waals surface area contributed by atoms with Crippen LogP contribution < -0.4 is 0 Å². The molecule has 1 saturated heterocycles. The van der Waals surface area contributed by atoms with Crippen molar-refractivity contribution in [3.05, 3.63) is 35.9 Å². The van der Waals surface area contributed by atoms with Crippen molar-refractivity contribution in [3.63, 3.8) is 0 Å². The molecule has 1 aliphatic heterocycles. The van der Waals surface area contributed by atoms with Gasteiger partial charge in [-0.15, -0.1) is 0 Å². The predicted octanol–water partition coefficient (Wildman–Crippen LogP) is 7.23. The van der Waals surface area contributed by atoms with Crippen LogP contribution in [-0.2, 0) is 16.1 Å². The van der Waals surface area contributed by atoms with Gasteiger partial charge in [0.25, 0.3) is 0 Å². The number of hydrogen-bond acceptors (Lipinski definition) is 2. The molecule has 1 aromatic rings. The van der Waals surface area contributed by atoms with E-state index in [9.17, 15) is 9.59 Å². The van der Waals surface area contributed by atoms with E-state index in [-0.39, 0.29) is 17.9 Å². The fraction of sp³-hybridized carbons (Fsp3) is 0.714. The second kappa shape index (κ2) is 12.6. The number of unbranched alkanes of at least 4 members (excludes halogenated alkanes) is 3. The molecular formula is C28H45NO2Sn. The predicted molar refractivity (Wildman–Crippen MR) is 136 cm³/mol. The van der Waals surface area contributed by atoms with Crippen LogP contribution in [-0.4, -0.2) is 41.0 Å². The van der Waals surface area contributed by atoms with Crippen LogP contribution in [0.4, 0.5) is 0 Å². The topological polar surface area (TPSA) is 37.4 Å². The van der Waals surface area contributed by atoms with Gasteiger partial charge in [-0.05, 0) is 0 Å². The van der Waals surface area contributed by atoms with E-state index in [0.717, 1.165) is 18.4 Å². The summed E-state index contributed by atoms with van der Waals surface area (Å²) in [4.78, 5) is 29.0. The number of fused-ring (bicyclic) bond motifs is 1. The number of amides is 1. The molecule has 1 aromatic carbocycles. The number of rotatable bonds is 13. The monoisotopic (exact) mass is 547 g/mol. The molecule has 1 saturated carbocycles. The van der Waals surface area contributed by atoms with Crippen LogP contribution >= 0.6 is 0 Å². The van der Waals surface area contributed by atoms with Crippen LogP contribution in [0.25, 0.3) is 0 Å². The number of nitrogens with zero attached hydrogens (tertiary/aromatic N) is 1. The molecule has 0 bridgehead atoms. The Hall–Kier alpha value is -0.841. The minimum absolute atomic E-state index is 0.120. The zero-order valence-electron chi connectivity index (χ0n) is 20.8. The van der Waals surface area contributed by atoms with Gasteiger partial charge in [-0.1, -0.05) is 0 Å². The quantitative estimate of drug-likeness (QED) is 0.245. The first kappa shape index (κ1) is 25.8. The average molecular weight is 546 g/mol. The van der Waals surface area contributed by atoms with Crippen molar-refractivity contribution >= 4 is 30.1 Å². The molecule has 2 aliphatic rings. The third kappa shape index (κ3) is 6.18. The van der Waals surface area contributed by atoms with Gasteiger partial charge in [-0.3, -0.25) is 0 Å². The molecule has 4 heteroatoms. The Labute approximate surface area is 200 Å². The molecular weight excluding hydrogens is 501 g/mol. The van der Waals surface area contributed by atoms with E-state index in [1.54, 1.807) is 0 Å². The zero-order valence-corrected chi connectivity index (χ0v) is 23.6. The molecule has 0 N–H and O–H groups in total. The molecule has 3 atom stereocenters. The summed E-state index contributed by atoms with van der Waals surface area (Å²) in [6, 6.07) is 10.1. The van der Waals surface area contributed by atoms with E-state index in [1.807, 2.05) is 23.1 Å². The molecule has 0 unspecified atom stereocenters. The zero-order chi connectivity index (χ0) is 23.0. The summed E-state index contributed by atoms with van der Waals surface area (Å²) in [5, 5.41) is 0. The molecule has 1 aliphatic carbocycles. The molecule has 1 amide bonds. The van der Waals surface area contributed by atoms with Crippen LogP contribution in [0.15, 0.2) is 30.3 Å². The Morgan fingerprint density at radius 2 is 1.50 bits per heavy atom. The summed E-state index contributed by atoms with van der Waals surface area (Å²) in [5.41, 5.74) is 1.15.